The molecule has 1 aliphatic rings. The quantitative estimate of drug-likeness (QED) is 0.765. The second-order valence-electron chi connectivity index (χ2n) is 4.96. The first-order valence-corrected chi connectivity index (χ1v) is 5.39. The predicted molar refractivity (Wildman–Crippen MR) is 60.1 cm³/mol. The molecule has 1 atom stereocenters. The molecule has 0 fully saturated rings. The van der Waals surface area contributed by atoms with E-state index in [1.165, 1.54) is 5.56 Å². The van der Waals surface area contributed by atoms with Gasteiger partial charge in [0.2, 0.25) is 0 Å². The van der Waals surface area contributed by atoms with E-state index < -0.39 is 0 Å². The third kappa shape index (κ3) is 1.74. The minimum atomic E-state index is -0.378. The van der Waals surface area contributed by atoms with E-state index in [0.29, 0.717) is 0 Å². The fourth-order valence-electron chi connectivity index (χ4n) is 2.20. The summed E-state index contributed by atoms with van der Waals surface area (Å²) in [6.45, 7) is 4.22. The van der Waals surface area contributed by atoms with Gasteiger partial charge in [-0.2, -0.15) is 0 Å². The number of aryl methyl sites for hydroxylation is 1. The standard InChI is InChI=1S/C13H18O2/c1-13(2)7-6-9-4-5-10(15-3)8-11(9)12(13)14/h4-5,8,12,14H,6-7H2,1-3H3/t12-/m0/s1. The zero-order valence-electron chi connectivity index (χ0n) is 9.58. The molecule has 2 heteroatoms. The zero-order chi connectivity index (χ0) is 11.1. The lowest BCUT2D eigenvalue weighted by molar-refractivity contribution is 0.0338. The fraction of sp³-hybridized carbons (Fsp3) is 0.538. The minimum Gasteiger partial charge on any atom is -0.497 e. The molecule has 0 unspecified atom stereocenters. The Labute approximate surface area is 90.9 Å². The monoisotopic (exact) mass is 206 g/mol. The predicted octanol–water partition coefficient (Wildman–Crippen LogP) is 2.70. The Morgan fingerprint density at radius 2 is 2.13 bits per heavy atom. The van der Waals surface area contributed by atoms with Crippen molar-refractivity contribution in [2.24, 2.45) is 5.41 Å². The van der Waals surface area contributed by atoms with E-state index in [1.807, 2.05) is 12.1 Å². The van der Waals surface area contributed by atoms with E-state index in [1.54, 1.807) is 7.11 Å². The van der Waals surface area contributed by atoms with Crippen LogP contribution in [0.1, 0.15) is 37.5 Å². The van der Waals surface area contributed by atoms with Crippen LogP contribution in [0.15, 0.2) is 18.2 Å². The number of aliphatic hydroxyl groups excluding tert-OH is 1. The Bertz CT molecular complexity index is 369. The fourth-order valence-corrected chi connectivity index (χ4v) is 2.20. The average Bonchev–Trinajstić information content (AvgIpc) is 2.24. The number of rotatable bonds is 1. The van der Waals surface area contributed by atoms with Crippen LogP contribution in [0.25, 0.3) is 0 Å². The van der Waals surface area contributed by atoms with E-state index in [0.717, 1.165) is 24.2 Å². The summed E-state index contributed by atoms with van der Waals surface area (Å²) in [5.74, 6) is 0.825. The van der Waals surface area contributed by atoms with Crippen LogP contribution < -0.4 is 4.74 Å². The highest BCUT2D eigenvalue weighted by Gasteiger charge is 2.34. The molecule has 82 valence electrons. The van der Waals surface area contributed by atoms with Crippen LogP contribution in [0.4, 0.5) is 0 Å². The van der Waals surface area contributed by atoms with E-state index in [2.05, 4.69) is 19.9 Å². The Hall–Kier alpha value is -1.02. The number of benzene rings is 1. The smallest absolute Gasteiger partial charge is 0.119 e. The molecule has 0 spiro atoms. The van der Waals surface area contributed by atoms with Crippen molar-refractivity contribution in [1.29, 1.82) is 0 Å². The molecule has 0 bridgehead atoms. The van der Waals surface area contributed by atoms with E-state index >= 15 is 0 Å². The maximum Gasteiger partial charge on any atom is 0.119 e. The highest BCUT2D eigenvalue weighted by Crippen LogP contribution is 2.44. The lowest BCUT2D eigenvalue weighted by Crippen LogP contribution is -2.28. The molecular weight excluding hydrogens is 188 g/mol. The summed E-state index contributed by atoms with van der Waals surface area (Å²) in [5, 5.41) is 10.3. The molecule has 1 aliphatic carbocycles. The number of methoxy groups -OCH3 is 1. The Kier molecular flexibility index (Phi) is 2.47. The maximum absolute atomic E-state index is 10.3. The van der Waals surface area contributed by atoms with Crippen molar-refractivity contribution in [3.05, 3.63) is 29.3 Å². The first kappa shape index (κ1) is 10.5. The molecule has 0 heterocycles. The maximum atomic E-state index is 10.3. The van der Waals surface area contributed by atoms with Gasteiger partial charge in [-0.05, 0) is 41.5 Å². The molecule has 2 rings (SSSR count). The summed E-state index contributed by atoms with van der Waals surface area (Å²) in [6.07, 6.45) is 1.70. The van der Waals surface area contributed by atoms with Crippen LogP contribution >= 0.6 is 0 Å². The molecule has 0 aliphatic heterocycles. The number of ether oxygens (including phenoxy) is 1. The molecule has 1 aromatic rings. The van der Waals surface area contributed by atoms with Gasteiger partial charge in [-0.1, -0.05) is 19.9 Å². The second kappa shape index (κ2) is 3.53. The van der Waals surface area contributed by atoms with Gasteiger partial charge in [-0.3, -0.25) is 0 Å². The van der Waals surface area contributed by atoms with Crippen LogP contribution in [0.5, 0.6) is 5.75 Å². The summed E-state index contributed by atoms with van der Waals surface area (Å²) in [6, 6.07) is 5.98. The molecule has 15 heavy (non-hydrogen) atoms. The summed E-state index contributed by atoms with van der Waals surface area (Å²) in [7, 11) is 1.65. The van der Waals surface area contributed by atoms with E-state index in [-0.39, 0.29) is 11.5 Å². The largest absolute Gasteiger partial charge is 0.497 e. The van der Waals surface area contributed by atoms with Gasteiger partial charge < -0.3 is 9.84 Å². The van der Waals surface area contributed by atoms with Gasteiger partial charge >= 0.3 is 0 Å². The Balaban J connectivity index is 2.44. The highest BCUT2D eigenvalue weighted by molar-refractivity contribution is 5.39. The molecule has 0 amide bonds. The highest BCUT2D eigenvalue weighted by atomic mass is 16.5. The summed E-state index contributed by atoms with van der Waals surface area (Å²) in [4.78, 5) is 0. The van der Waals surface area contributed by atoms with Crippen LogP contribution in [0, 0.1) is 5.41 Å². The van der Waals surface area contributed by atoms with Crippen molar-refractivity contribution in [1.82, 2.24) is 0 Å². The summed E-state index contributed by atoms with van der Waals surface area (Å²) in [5.41, 5.74) is 2.26. The van der Waals surface area contributed by atoms with Crippen LogP contribution in [-0.2, 0) is 6.42 Å². The topological polar surface area (TPSA) is 29.5 Å². The minimum absolute atomic E-state index is 0.0284. The van der Waals surface area contributed by atoms with Gasteiger partial charge in [0.15, 0.2) is 0 Å². The van der Waals surface area contributed by atoms with Crippen LogP contribution in [0.3, 0.4) is 0 Å². The van der Waals surface area contributed by atoms with Crippen molar-refractivity contribution < 1.29 is 9.84 Å². The Morgan fingerprint density at radius 3 is 2.80 bits per heavy atom. The normalized spacial score (nSPS) is 23.3. The molecule has 1 aromatic carbocycles. The van der Waals surface area contributed by atoms with Gasteiger partial charge in [0, 0.05) is 0 Å². The van der Waals surface area contributed by atoms with E-state index in [9.17, 15) is 5.11 Å². The van der Waals surface area contributed by atoms with Gasteiger partial charge in [0.1, 0.15) is 5.75 Å². The number of aliphatic hydroxyl groups is 1. The number of fused-ring (bicyclic) bond motifs is 1. The summed E-state index contributed by atoms with van der Waals surface area (Å²) < 4.78 is 5.19. The van der Waals surface area contributed by atoms with Gasteiger partial charge in [0.05, 0.1) is 13.2 Å². The van der Waals surface area contributed by atoms with E-state index in [4.69, 9.17) is 4.74 Å². The van der Waals surface area contributed by atoms with Gasteiger partial charge in [-0.25, -0.2) is 0 Å². The SMILES string of the molecule is COc1ccc2c(c1)[C@H](O)C(C)(C)CC2. The average molecular weight is 206 g/mol. The molecular formula is C13H18O2. The third-order valence-corrected chi connectivity index (χ3v) is 3.43. The third-order valence-electron chi connectivity index (χ3n) is 3.43. The van der Waals surface area contributed by atoms with Crippen molar-refractivity contribution in [2.75, 3.05) is 7.11 Å². The molecule has 0 saturated heterocycles. The number of hydrogen-bond donors (Lipinski definition) is 1. The van der Waals surface area contributed by atoms with Crippen LogP contribution in [0.2, 0.25) is 0 Å². The summed E-state index contributed by atoms with van der Waals surface area (Å²) >= 11 is 0. The van der Waals surface area contributed by atoms with Crippen molar-refractivity contribution >= 4 is 0 Å². The molecule has 0 aromatic heterocycles. The first-order valence-electron chi connectivity index (χ1n) is 5.39. The lowest BCUT2D eigenvalue weighted by atomic mass is 9.72. The molecule has 0 saturated carbocycles. The molecule has 1 N–H and O–H groups in total. The molecule has 0 radical (unpaired) electrons. The molecule has 2 nitrogen and oxygen atoms in total. The van der Waals surface area contributed by atoms with Crippen LogP contribution in [-0.4, -0.2) is 12.2 Å². The van der Waals surface area contributed by atoms with Crippen molar-refractivity contribution in [3.8, 4) is 5.75 Å². The van der Waals surface area contributed by atoms with Gasteiger partial charge in [0.25, 0.3) is 0 Å². The lowest BCUT2D eigenvalue weighted by Gasteiger charge is -2.36. The first-order chi connectivity index (χ1) is 7.04. The zero-order valence-corrected chi connectivity index (χ0v) is 9.58. The van der Waals surface area contributed by atoms with Crippen molar-refractivity contribution in [3.63, 3.8) is 0 Å². The van der Waals surface area contributed by atoms with Crippen molar-refractivity contribution in [2.45, 2.75) is 32.8 Å². The van der Waals surface area contributed by atoms with Gasteiger partial charge in [-0.15, -0.1) is 0 Å². The Morgan fingerprint density at radius 1 is 1.40 bits per heavy atom. The number of hydrogen-bond acceptors (Lipinski definition) is 2. The second-order valence-corrected chi connectivity index (χ2v) is 4.96.